The normalized spacial score (nSPS) is 9.43. The molecule has 0 unspecified atom stereocenters. The summed E-state index contributed by atoms with van der Waals surface area (Å²) >= 11 is 0. The summed E-state index contributed by atoms with van der Waals surface area (Å²) in [5.74, 6) is -1.65. The van der Waals surface area contributed by atoms with Crippen LogP contribution >= 0.6 is 0 Å². The van der Waals surface area contributed by atoms with Crippen LogP contribution < -0.4 is 0 Å². The van der Waals surface area contributed by atoms with Gasteiger partial charge in [-0.05, 0) is 31.5 Å². The van der Waals surface area contributed by atoms with E-state index < -0.39 is 11.9 Å². The first-order chi connectivity index (χ1) is 9.88. The molecule has 0 aromatic heterocycles. The largest absolute Gasteiger partial charge is 0.481 e. The zero-order valence-electron chi connectivity index (χ0n) is 12.0. The first-order valence-corrected chi connectivity index (χ1v) is 6.46. The van der Waals surface area contributed by atoms with Crippen molar-refractivity contribution in [2.45, 2.75) is 20.3 Å². The lowest BCUT2D eigenvalue weighted by Gasteiger charge is -1.96. The van der Waals surface area contributed by atoms with E-state index in [1.807, 2.05) is 44.2 Å². The quantitative estimate of drug-likeness (QED) is 0.907. The molecule has 0 saturated carbocycles. The SMILES string of the molecule is Cc1cccc(C(=O)O)c1.Cc1cccc(CC(=O)O)c1. The molecule has 0 atom stereocenters. The van der Waals surface area contributed by atoms with Gasteiger partial charge >= 0.3 is 11.9 Å². The monoisotopic (exact) mass is 286 g/mol. The van der Waals surface area contributed by atoms with Gasteiger partial charge < -0.3 is 10.2 Å². The highest BCUT2D eigenvalue weighted by Crippen LogP contribution is 2.04. The summed E-state index contributed by atoms with van der Waals surface area (Å²) in [5.41, 5.74) is 3.28. The van der Waals surface area contributed by atoms with Gasteiger partial charge in [0.15, 0.2) is 0 Å². The van der Waals surface area contributed by atoms with Gasteiger partial charge in [-0.25, -0.2) is 4.79 Å². The van der Waals surface area contributed by atoms with Gasteiger partial charge in [0.25, 0.3) is 0 Å². The first-order valence-electron chi connectivity index (χ1n) is 6.46. The molecular formula is C17H18O4. The Morgan fingerprint density at radius 1 is 0.905 bits per heavy atom. The van der Waals surface area contributed by atoms with Crippen molar-refractivity contribution >= 4 is 11.9 Å². The van der Waals surface area contributed by atoms with Gasteiger partial charge in [0.1, 0.15) is 0 Å². The van der Waals surface area contributed by atoms with Crippen LogP contribution in [0.25, 0.3) is 0 Å². The van der Waals surface area contributed by atoms with E-state index >= 15 is 0 Å². The fourth-order valence-corrected chi connectivity index (χ4v) is 1.77. The van der Waals surface area contributed by atoms with E-state index in [4.69, 9.17) is 10.2 Å². The molecule has 4 nitrogen and oxygen atoms in total. The Hall–Kier alpha value is -2.62. The van der Waals surface area contributed by atoms with Crippen LogP contribution in [0.5, 0.6) is 0 Å². The van der Waals surface area contributed by atoms with Crippen LogP contribution in [-0.4, -0.2) is 22.2 Å². The Morgan fingerprint density at radius 2 is 1.48 bits per heavy atom. The molecule has 0 aliphatic heterocycles. The van der Waals surface area contributed by atoms with E-state index in [0.717, 1.165) is 16.7 Å². The van der Waals surface area contributed by atoms with E-state index in [-0.39, 0.29) is 6.42 Å². The van der Waals surface area contributed by atoms with E-state index in [2.05, 4.69) is 0 Å². The molecular weight excluding hydrogens is 268 g/mol. The van der Waals surface area contributed by atoms with Crippen LogP contribution in [0, 0.1) is 13.8 Å². The van der Waals surface area contributed by atoms with E-state index in [1.165, 1.54) is 0 Å². The molecule has 4 heteroatoms. The Labute approximate surface area is 123 Å². The minimum Gasteiger partial charge on any atom is -0.481 e. The van der Waals surface area contributed by atoms with Crippen molar-refractivity contribution in [3.63, 3.8) is 0 Å². The average molecular weight is 286 g/mol. The van der Waals surface area contributed by atoms with Crippen molar-refractivity contribution in [2.24, 2.45) is 0 Å². The van der Waals surface area contributed by atoms with Crippen molar-refractivity contribution in [3.05, 3.63) is 70.8 Å². The van der Waals surface area contributed by atoms with Gasteiger partial charge in [-0.2, -0.15) is 0 Å². The number of rotatable bonds is 3. The maximum atomic E-state index is 10.4. The molecule has 110 valence electrons. The highest BCUT2D eigenvalue weighted by molar-refractivity contribution is 5.87. The van der Waals surface area contributed by atoms with Crippen LogP contribution in [0.2, 0.25) is 0 Å². The highest BCUT2D eigenvalue weighted by Gasteiger charge is 1.99. The average Bonchev–Trinajstić information content (AvgIpc) is 2.38. The minimum absolute atomic E-state index is 0.113. The molecule has 0 saturated heterocycles. The molecule has 0 bridgehead atoms. The van der Waals surface area contributed by atoms with Crippen molar-refractivity contribution in [2.75, 3.05) is 0 Å². The maximum Gasteiger partial charge on any atom is 0.335 e. The zero-order valence-corrected chi connectivity index (χ0v) is 12.0. The zero-order chi connectivity index (χ0) is 15.8. The summed E-state index contributed by atoms with van der Waals surface area (Å²) in [4.78, 5) is 20.6. The number of benzene rings is 2. The Morgan fingerprint density at radius 3 is 1.90 bits per heavy atom. The number of aryl methyl sites for hydroxylation is 2. The van der Waals surface area contributed by atoms with Crippen LogP contribution in [0.4, 0.5) is 0 Å². The second kappa shape index (κ2) is 7.85. The van der Waals surface area contributed by atoms with Crippen molar-refractivity contribution in [1.82, 2.24) is 0 Å². The highest BCUT2D eigenvalue weighted by atomic mass is 16.4. The fraction of sp³-hybridized carbons (Fsp3) is 0.176. The standard InChI is InChI=1S/C9H10O2.C8H8O2/c1-7-3-2-4-8(5-7)6-9(10)11;1-6-3-2-4-7(5-6)8(9)10/h2-5H,6H2,1H3,(H,10,11);2-5H,1H3,(H,9,10). The molecule has 2 aromatic carbocycles. The van der Waals surface area contributed by atoms with E-state index in [9.17, 15) is 9.59 Å². The predicted octanol–water partition coefficient (Wildman–Crippen LogP) is 3.32. The van der Waals surface area contributed by atoms with Gasteiger partial charge in [-0.1, -0.05) is 47.5 Å². The molecule has 0 spiro atoms. The van der Waals surface area contributed by atoms with Crippen molar-refractivity contribution in [1.29, 1.82) is 0 Å². The Kier molecular flexibility index (Phi) is 6.14. The molecule has 0 aliphatic carbocycles. The number of hydrogen-bond donors (Lipinski definition) is 2. The summed E-state index contributed by atoms with van der Waals surface area (Å²) in [7, 11) is 0. The van der Waals surface area contributed by atoms with Crippen LogP contribution in [0.15, 0.2) is 48.5 Å². The van der Waals surface area contributed by atoms with E-state index in [1.54, 1.807) is 18.2 Å². The summed E-state index contributed by atoms with van der Waals surface area (Å²) in [6, 6.07) is 14.3. The Balaban J connectivity index is 0.000000211. The molecule has 0 fully saturated rings. The number of aromatic carboxylic acids is 1. The number of carbonyl (C=O) groups is 2. The third kappa shape index (κ3) is 6.38. The molecule has 0 aliphatic rings. The summed E-state index contributed by atoms with van der Waals surface area (Å²) in [6.45, 7) is 3.82. The van der Waals surface area contributed by atoms with Gasteiger partial charge in [-0.3, -0.25) is 4.79 Å². The van der Waals surface area contributed by atoms with Crippen LogP contribution in [0.1, 0.15) is 27.0 Å². The third-order valence-electron chi connectivity index (χ3n) is 2.70. The topological polar surface area (TPSA) is 74.6 Å². The molecule has 0 heterocycles. The molecule has 21 heavy (non-hydrogen) atoms. The van der Waals surface area contributed by atoms with Gasteiger partial charge in [-0.15, -0.1) is 0 Å². The summed E-state index contributed by atoms with van der Waals surface area (Å²) in [5, 5.41) is 17.0. The second-order valence-electron chi connectivity index (χ2n) is 4.73. The number of aliphatic carboxylic acids is 1. The van der Waals surface area contributed by atoms with Crippen LogP contribution in [0.3, 0.4) is 0 Å². The number of carboxylic acids is 2. The third-order valence-corrected chi connectivity index (χ3v) is 2.70. The number of carboxylic acid groups (broad SMARTS) is 2. The minimum atomic E-state index is -0.872. The lowest BCUT2D eigenvalue weighted by molar-refractivity contribution is -0.136. The summed E-state index contributed by atoms with van der Waals surface area (Å²) in [6.07, 6.45) is 0.113. The lowest BCUT2D eigenvalue weighted by atomic mass is 10.1. The van der Waals surface area contributed by atoms with Crippen LogP contribution in [-0.2, 0) is 11.2 Å². The maximum absolute atomic E-state index is 10.4. The molecule has 0 amide bonds. The molecule has 0 radical (unpaired) electrons. The Bertz CT molecular complexity index is 632. The smallest absolute Gasteiger partial charge is 0.335 e. The number of hydrogen-bond acceptors (Lipinski definition) is 2. The lowest BCUT2D eigenvalue weighted by Crippen LogP contribution is -1.99. The molecule has 2 rings (SSSR count). The molecule has 2 aromatic rings. The van der Waals surface area contributed by atoms with Gasteiger partial charge in [0, 0.05) is 0 Å². The second-order valence-corrected chi connectivity index (χ2v) is 4.73. The van der Waals surface area contributed by atoms with Crippen molar-refractivity contribution in [3.8, 4) is 0 Å². The van der Waals surface area contributed by atoms with E-state index in [0.29, 0.717) is 5.56 Å². The van der Waals surface area contributed by atoms with Crippen molar-refractivity contribution < 1.29 is 19.8 Å². The predicted molar refractivity (Wildman–Crippen MR) is 80.7 cm³/mol. The van der Waals surface area contributed by atoms with Gasteiger partial charge in [0.05, 0.1) is 12.0 Å². The molecule has 2 N–H and O–H groups in total. The summed E-state index contributed by atoms with van der Waals surface area (Å²) < 4.78 is 0. The first kappa shape index (κ1) is 16.4. The van der Waals surface area contributed by atoms with Gasteiger partial charge in [0.2, 0.25) is 0 Å². The fourth-order valence-electron chi connectivity index (χ4n) is 1.77.